The molecule has 1 aromatic heterocycles. The molecule has 1 heterocycles. The third-order valence-electron chi connectivity index (χ3n) is 3.49. The number of nitrogens with zero attached hydrogens (tertiary/aromatic N) is 2. The van der Waals surface area contributed by atoms with Gasteiger partial charge in [-0.1, -0.05) is 13.8 Å². The Morgan fingerprint density at radius 1 is 1.29 bits per heavy atom. The van der Waals surface area contributed by atoms with Crippen molar-refractivity contribution in [3.63, 3.8) is 0 Å². The van der Waals surface area contributed by atoms with E-state index in [0.29, 0.717) is 0 Å². The lowest BCUT2D eigenvalue weighted by molar-refractivity contribution is -0.137. The summed E-state index contributed by atoms with van der Waals surface area (Å²) in [5.41, 5.74) is -0.671. The van der Waals surface area contributed by atoms with Crippen molar-refractivity contribution in [3.05, 3.63) is 23.9 Å². The normalized spacial score (nSPS) is 13.5. The van der Waals surface area contributed by atoms with Gasteiger partial charge in [-0.3, -0.25) is 0 Å². The van der Waals surface area contributed by atoms with Crippen LogP contribution in [0.3, 0.4) is 0 Å². The third kappa shape index (κ3) is 6.33. The quantitative estimate of drug-likeness (QED) is 0.786. The number of anilines is 1. The summed E-state index contributed by atoms with van der Waals surface area (Å²) in [5, 5.41) is 3.03. The van der Waals surface area contributed by atoms with Crippen molar-refractivity contribution in [3.8, 4) is 0 Å². The molecule has 21 heavy (non-hydrogen) atoms. The number of hydrogen-bond acceptors (Lipinski definition) is 3. The third-order valence-corrected chi connectivity index (χ3v) is 3.49. The second-order valence-corrected chi connectivity index (χ2v) is 5.14. The minimum atomic E-state index is -4.33. The van der Waals surface area contributed by atoms with Gasteiger partial charge in [-0.15, -0.1) is 0 Å². The predicted octanol–water partition coefficient (Wildman–Crippen LogP) is 4.02. The first kappa shape index (κ1) is 17.8. The second kappa shape index (κ2) is 8.22. The molecule has 0 saturated heterocycles. The highest BCUT2D eigenvalue weighted by molar-refractivity contribution is 5.39. The summed E-state index contributed by atoms with van der Waals surface area (Å²) in [5.74, 6) is 0.278. The van der Waals surface area contributed by atoms with E-state index >= 15 is 0 Å². The molecule has 6 heteroatoms. The van der Waals surface area contributed by atoms with Gasteiger partial charge in [0.15, 0.2) is 0 Å². The fourth-order valence-corrected chi connectivity index (χ4v) is 2.17. The number of aromatic nitrogens is 1. The molecule has 0 fully saturated rings. The fourth-order valence-electron chi connectivity index (χ4n) is 2.17. The van der Waals surface area contributed by atoms with Crippen molar-refractivity contribution in [2.75, 3.05) is 25.0 Å². The Hall–Kier alpha value is -1.30. The van der Waals surface area contributed by atoms with Crippen LogP contribution in [0.4, 0.5) is 19.0 Å². The maximum absolute atomic E-state index is 12.6. The van der Waals surface area contributed by atoms with Crippen molar-refractivity contribution < 1.29 is 13.2 Å². The minimum absolute atomic E-state index is 0.0940. The molecule has 0 aromatic carbocycles. The topological polar surface area (TPSA) is 28.2 Å². The summed E-state index contributed by atoms with van der Waals surface area (Å²) in [4.78, 5) is 6.28. The summed E-state index contributed by atoms with van der Waals surface area (Å²) in [7, 11) is 0. The van der Waals surface area contributed by atoms with E-state index in [9.17, 15) is 13.2 Å². The van der Waals surface area contributed by atoms with Crippen LogP contribution in [0.1, 0.15) is 39.2 Å². The van der Waals surface area contributed by atoms with E-state index in [1.54, 1.807) is 0 Å². The maximum atomic E-state index is 12.6. The smallest absolute Gasteiger partial charge is 0.368 e. The molecule has 3 nitrogen and oxygen atoms in total. The maximum Gasteiger partial charge on any atom is 0.416 e. The van der Waals surface area contributed by atoms with Gasteiger partial charge in [0.2, 0.25) is 0 Å². The van der Waals surface area contributed by atoms with Crippen LogP contribution >= 0.6 is 0 Å². The lowest BCUT2D eigenvalue weighted by atomic mass is 10.1. The lowest BCUT2D eigenvalue weighted by Gasteiger charge is -2.20. The molecule has 0 spiro atoms. The van der Waals surface area contributed by atoms with Gasteiger partial charge in [-0.25, -0.2) is 4.98 Å². The Labute approximate surface area is 124 Å². The van der Waals surface area contributed by atoms with E-state index in [1.807, 2.05) is 6.92 Å². The standard InChI is InChI=1S/C15H24F3N3/c1-4-21(5-2)10-6-7-12(3)20-14-11-13(8-9-19-14)15(16,17)18/h8-9,11-12H,4-7,10H2,1-3H3,(H,19,20). The van der Waals surface area contributed by atoms with E-state index in [0.717, 1.165) is 44.6 Å². The molecule has 0 bridgehead atoms. The predicted molar refractivity (Wildman–Crippen MR) is 79.3 cm³/mol. The number of hydrogen-bond donors (Lipinski definition) is 1. The Morgan fingerprint density at radius 3 is 2.52 bits per heavy atom. The van der Waals surface area contributed by atoms with Crippen LogP contribution < -0.4 is 5.32 Å². The number of rotatable bonds is 8. The molecular weight excluding hydrogens is 279 g/mol. The molecule has 1 aromatic rings. The van der Waals surface area contributed by atoms with Crippen molar-refractivity contribution >= 4 is 5.82 Å². The largest absolute Gasteiger partial charge is 0.416 e. The second-order valence-electron chi connectivity index (χ2n) is 5.14. The van der Waals surface area contributed by atoms with E-state index in [1.165, 1.54) is 6.20 Å². The Kier molecular flexibility index (Phi) is 6.95. The van der Waals surface area contributed by atoms with Gasteiger partial charge in [0.1, 0.15) is 5.82 Å². The van der Waals surface area contributed by atoms with Crippen LogP contribution in [-0.2, 0) is 6.18 Å². The molecule has 0 radical (unpaired) electrons. The van der Waals surface area contributed by atoms with Crippen LogP contribution in [0, 0.1) is 0 Å². The van der Waals surface area contributed by atoms with Crippen LogP contribution in [0.5, 0.6) is 0 Å². The number of halogens is 3. The lowest BCUT2D eigenvalue weighted by Crippen LogP contribution is -2.25. The van der Waals surface area contributed by atoms with Gasteiger partial charge in [0.05, 0.1) is 5.56 Å². The number of nitrogens with one attached hydrogen (secondary N) is 1. The highest BCUT2D eigenvalue weighted by atomic mass is 19.4. The highest BCUT2D eigenvalue weighted by Crippen LogP contribution is 2.30. The van der Waals surface area contributed by atoms with Crippen molar-refractivity contribution in [1.29, 1.82) is 0 Å². The van der Waals surface area contributed by atoms with Crippen molar-refractivity contribution in [1.82, 2.24) is 9.88 Å². The van der Waals surface area contributed by atoms with Gasteiger partial charge in [-0.2, -0.15) is 13.2 Å². The Bertz CT molecular complexity index is 417. The van der Waals surface area contributed by atoms with Crippen LogP contribution in [0.15, 0.2) is 18.3 Å². The first-order chi connectivity index (χ1) is 9.86. The zero-order valence-electron chi connectivity index (χ0n) is 12.9. The summed E-state index contributed by atoms with van der Waals surface area (Å²) in [6.07, 6.45) is -1.23. The van der Waals surface area contributed by atoms with Gasteiger partial charge in [0, 0.05) is 12.2 Å². The van der Waals surface area contributed by atoms with Crippen molar-refractivity contribution in [2.45, 2.75) is 45.8 Å². The number of alkyl halides is 3. The molecular formula is C15H24F3N3. The summed E-state index contributed by atoms with van der Waals surface area (Å²) >= 11 is 0. The number of pyridine rings is 1. The monoisotopic (exact) mass is 303 g/mol. The Balaban J connectivity index is 2.46. The van der Waals surface area contributed by atoms with Gasteiger partial charge < -0.3 is 10.2 Å². The minimum Gasteiger partial charge on any atom is -0.368 e. The first-order valence-electron chi connectivity index (χ1n) is 7.39. The van der Waals surface area contributed by atoms with E-state index < -0.39 is 11.7 Å². The van der Waals surface area contributed by atoms with E-state index in [-0.39, 0.29) is 11.9 Å². The van der Waals surface area contributed by atoms with Gasteiger partial charge in [-0.05, 0) is 51.5 Å². The highest BCUT2D eigenvalue weighted by Gasteiger charge is 2.30. The van der Waals surface area contributed by atoms with E-state index in [4.69, 9.17) is 0 Å². The molecule has 120 valence electrons. The first-order valence-corrected chi connectivity index (χ1v) is 7.39. The SMILES string of the molecule is CCN(CC)CCCC(C)Nc1cc(C(F)(F)F)ccn1. The molecule has 1 N–H and O–H groups in total. The van der Waals surface area contributed by atoms with Crippen LogP contribution in [0.25, 0.3) is 0 Å². The molecule has 0 aliphatic rings. The van der Waals surface area contributed by atoms with Crippen LogP contribution in [0.2, 0.25) is 0 Å². The molecule has 0 amide bonds. The van der Waals surface area contributed by atoms with Crippen LogP contribution in [-0.4, -0.2) is 35.6 Å². The summed E-state index contributed by atoms with van der Waals surface area (Å²) < 4.78 is 37.8. The molecule has 1 atom stereocenters. The molecule has 0 saturated carbocycles. The zero-order valence-corrected chi connectivity index (χ0v) is 12.9. The molecule has 0 aliphatic heterocycles. The van der Waals surface area contributed by atoms with Gasteiger partial charge in [0.25, 0.3) is 0 Å². The summed E-state index contributed by atoms with van der Waals surface area (Å²) in [6, 6.07) is 2.13. The molecule has 1 rings (SSSR count). The molecule has 0 aliphatic carbocycles. The average molecular weight is 303 g/mol. The Morgan fingerprint density at radius 2 is 1.95 bits per heavy atom. The zero-order chi connectivity index (χ0) is 15.9. The van der Waals surface area contributed by atoms with Gasteiger partial charge >= 0.3 is 6.18 Å². The summed E-state index contributed by atoms with van der Waals surface area (Å²) in [6.45, 7) is 9.26. The molecule has 1 unspecified atom stereocenters. The average Bonchev–Trinajstić information content (AvgIpc) is 2.43. The van der Waals surface area contributed by atoms with E-state index in [2.05, 4.69) is 29.0 Å². The fraction of sp³-hybridized carbons (Fsp3) is 0.667. The van der Waals surface area contributed by atoms with Crippen molar-refractivity contribution in [2.24, 2.45) is 0 Å².